The number of rotatable bonds is 5. The number of hydrogen-bond donors (Lipinski definition) is 2. The standard InChI is InChI=1S/C10H16N2O2/c1-4-6-9(5-2)12-10(14)7-11-8(3)13/h2,9H,4,6-7H2,1,3H3,(H,11,13)(H,12,14). The molecule has 1 atom stereocenters. The Morgan fingerprint density at radius 3 is 2.57 bits per heavy atom. The normalized spacial score (nSPS) is 11.2. The highest BCUT2D eigenvalue weighted by Gasteiger charge is 2.08. The van der Waals surface area contributed by atoms with E-state index >= 15 is 0 Å². The van der Waals surface area contributed by atoms with Gasteiger partial charge in [-0.25, -0.2) is 0 Å². The van der Waals surface area contributed by atoms with Crippen LogP contribution in [0.25, 0.3) is 0 Å². The molecule has 0 radical (unpaired) electrons. The van der Waals surface area contributed by atoms with Gasteiger partial charge < -0.3 is 10.6 Å². The smallest absolute Gasteiger partial charge is 0.240 e. The van der Waals surface area contributed by atoms with Crippen molar-refractivity contribution >= 4 is 11.8 Å². The van der Waals surface area contributed by atoms with Crippen molar-refractivity contribution in [3.8, 4) is 12.3 Å². The molecule has 14 heavy (non-hydrogen) atoms. The molecule has 0 saturated carbocycles. The van der Waals surface area contributed by atoms with Gasteiger partial charge in [0, 0.05) is 6.92 Å². The summed E-state index contributed by atoms with van der Waals surface area (Å²) in [6.45, 7) is 3.33. The summed E-state index contributed by atoms with van der Waals surface area (Å²) in [5.41, 5.74) is 0. The molecule has 0 heterocycles. The quantitative estimate of drug-likeness (QED) is 0.610. The summed E-state index contributed by atoms with van der Waals surface area (Å²) in [7, 11) is 0. The Morgan fingerprint density at radius 2 is 2.14 bits per heavy atom. The number of amides is 2. The number of nitrogens with one attached hydrogen (secondary N) is 2. The van der Waals surface area contributed by atoms with Crippen LogP contribution in [-0.4, -0.2) is 24.4 Å². The molecule has 4 heteroatoms. The van der Waals surface area contributed by atoms with Crippen LogP contribution in [0.5, 0.6) is 0 Å². The molecule has 1 unspecified atom stereocenters. The van der Waals surface area contributed by atoms with Crippen LogP contribution in [0, 0.1) is 12.3 Å². The fourth-order valence-electron chi connectivity index (χ4n) is 0.936. The van der Waals surface area contributed by atoms with Gasteiger partial charge in [-0.05, 0) is 6.42 Å². The fourth-order valence-corrected chi connectivity index (χ4v) is 0.936. The Hall–Kier alpha value is -1.50. The first kappa shape index (κ1) is 12.5. The van der Waals surface area contributed by atoms with Crippen molar-refractivity contribution in [2.75, 3.05) is 6.54 Å². The average molecular weight is 196 g/mol. The maximum atomic E-state index is 11.2. The molecule has 0 aliphatic rings. The predicted molar refractivity (Wildman–Crippen MR) is 54.4 cm³/mol. The van der Waals surface area contributed by atoms with E-state index in [2.05, 4.69) is 16.6 Å². The number of carbonyl (C=O) groups is 2. The SMILES string of the molecule is C#CC(CCC)NC(=O)CNC(C)=O. The highest BCUT2D eigenvalue weighted by atomic mass is 16.2. The van der Waals surface area contributed by atoms with Gasteiger partial charge in [0.1, 0.15) is 0 Å². The van der Waals surface area contributed by atoms with E-state index < -0.39 is 0 Å². The van der Waals surface area contributed by atoms with Gasteiger partial charge in [-0.1, -0.05) is 19.3 Å². The van der Waals surface area contributed by atoms with Crippen molar-refractivity contribution in [1.82, 2.24) is 10.6 Å². The van der Waals surface area contributed by atoms with E-state index in [9.17, 15) is 9.59 Å². The third kappa shape index (κ3) is 6.06. The summed E-state index contributed by atoms with van der Waals surface area (Å²) in [5.74, 6) is 1.99. The van der Waals surface area contributed by atoms with Crippen molar-refractivity contribution in [1.29, 1.82) is 0 Å². The van der Waals surface area contributed by atoms with Gasteiger partial charge in [-0.3, -0.25) is 9.59 Å². The van der Waals surface area contributed by atoms with E-state index in [0.717, 1.165) is 12.8 Å². The molecule has 0 spiro atoms. The van der Waals surface area contributed by atoms with Crippen molar-refractivity contribution in [3.63, 3.8) is 0 Å². The summed E-state index contributed by atoms with van der Waals surface area (Å²) in [5, 5.41) is 5.03. The van der Waals surface area contributed by atoms with Gasteiger partial charge >= 0.3 is 0 Å². The van der Waals surface area contributed by atoms with Crippen molar-refractivity contribution in [2.24, 2.45) is 0 Å². The molecular weight excluding hydrogens is 180 g/mol. The van der Waals surface area contributed by atoms with Crippen LogP contribution in [0.3, 0.4) is 0 Å². The Kier molecular flexibility index (Phi) is 6.21. The van der Waals surface area contributed by atoms with Crippen LogP contribution in [0.1, 0.15) is 26.7 Å². The Bertz CT molecular complexity index is 243. The van der Waals surface area contributed by atoms with Crippen LogP contribution >= 0.6 is 0 Å². The highest BCUT2D eigenvalue weighted by Crippen LogP contribution is 1.93. The fraction of sp³-hybridized carbons (Fsp3) is 0.600. The molecule has 0 bridgehead atoms. The lowest BCUT2D eigenvalue weighted by Gasteiger charge is -2.11. The first-order valence-corrected chi connectivity index (χ1v) is 4.60. The molecule has 0 aromatic carbocycles. The Labute approximate surface area is 84.4 Å². The lowest BCUT2D eigenvalue weighted by molar-refractivity contribution is -0.125. The first-order chi connectivity index (χ1) is 6.60. The molecule has 0 aliphatic heterocycles. The Morgan fingerprint density at radius 1 is 1.50 bits per heavy atom. The molecule has 78 valence electrons. The minimum atomic E-state index is -0.253. The van der Waals surface area contributed by atoms with Crippen LogP contribution in [-0.2, 0) is 9.59 Å². The topological polar surface area (TPSA) is 58.2 Å². The van der Waals surface area contributed by atoms with Crippen molar-refractivity contribution in [2.45, 2.75) is 32.7 Å². The minimum Gasteiger partial charge on any atom is -0.347 e. The van der Waals surface area contributed by atoms with Crippen LogP contribution in [0.4, 0.5) is 0 Å². The molecule has 0 aromatic rings. The highest BCUT2D eigenvalue weighted by molar-refractivity contribution is 5.83. The first-order valence-electron chi connectivity index (χ1n) is 4.60. The van der Waals surface area contributed by atoms with Crippen molar-refractivity contribution < 1.29 is 9.59 Å². The van der Waals surface area contributed by atoms with Gasteiger partial charge in [0.25, 0.3) is 0 Å². The average Bonchev–Trinajstić information content (AvgIpc) is 2.14. The lowest BCUT2D eigenvalue weighted by atomic mass is 10.2. The zero-order chi connectivity index (χ0) is 11.0. The Balaban J connectivity index is 3.80. The second kappa shape index (κ2) is 6.96. The van der Waals surface area contributed by atoms with Crippen LogP contribution in [0.2, 0.25) is 0 Å². The second-order valence-electron chi connectivity index (χ2n) is 2.99. The third-order valence-corrected chi connectivity index (χ3v) is 1.61. The summed E-state index contributed by atoms with van der Waals surface area (Å²) < 4.78 is 0. The molecule has 0 saturated heterocycles. The lowest BCUT2D eigenvalue weighted by Crippen LogP contribution is -2.40. The molecule has 2 amide bonds. The summed E-state index contributed by atoms with van der Waals surface area (Å²) >= 11 is 0. The maximum Gasteiger partial charge on any atom is 0.240 e. The number of hydrogen-bond acceptors (Lipinski definition) is 2. The molecular formula is C10H16N2O2. The molecule has 0 rings (SSSR count). The van der Waals surface area contributed by atoms with E-state index in [4.69, 9.17) is 6.42 Å². The number of terminal acetylenes is 1. The van der Waals surface area contributed by atoms with E-state index in [-0.39, 0.29) is 24.4 Å². The summed E-state index contributed by atoms with van der Waals surface area (Å²) in [4.78, 5) is 21.7. The molecule has 0 aliphatic carbocycles. The van der Waals surface area contributed by atoms with E-state index in [0.29, 0.717) is 0 Å². The largest absolute Gasteiger partial charge is 0.347 e. The van der Waals surface area contributed by atoms with Gasteiger partial charge in [0.15, 0.2) is 0 Å². The molecule has 4 nitrogen and oxygen atoms in total. The minimum absolute atomic E-state index is 0.0166. The zero-order valence-corrected chi connectivity index (χ0v) is 8.59. The third-order valence-electron chi connectivity index (χ3n) is 1.61. The van der Waals surface area contributed by atoms with E-state index in [1.807, 2.05) is 6.92 Å². The predicted octanol–water partition coefficient (Wildman–Crippen LogP) is 0.0406. The maximum absolute atomic E-state index is 11.2. The van der Waals surface area contributed by atoms with Gasteiger partial charge in [-0.15, -0.1) is 6.42 Å². The molecule has 0 aromatic heterocycles. The second-order valence-corrected chi connectivity index (χ2v) is 2.99. The zero-order valence-electron chi connectivity index (χ0n) is 8.59. The molecule has 2 N–H and O–H groups in total. The monoisotopic (exact) mass is 196 g/mol. The molecule has 0 fully saturated rings. The number of carbonyl (C=O) groups excluding carboxylic acids is 2. The summed E-state index contributed by atoms with van der Waals surface area (Å²) in [6.07, 6.45) is 6.88. The summed E-state index contributed by atoms with van der Waals surface area (Å²) in [6, 6.07) is -0.235. The van der Waals surface area contributed by atoms with Gasteiger partial charge in [-0.2, -0.15) is 0 Å². The van der Waals surface area contributed by atoms with Crippen LogP contribution in [0.15, 0.2) is 0 Å². The van der Waals surface area contributed by atoms with Gasteiger partial charge in [0.05, 0.1) is 12.6 Å². The van der Waals surface area contributed by atoms with Crippen molar-refractivity contribution in [3.05, 3.63) is 0 Å². The van der Waals surface area contributed by atoms with E-state index in [1.165, 1.54) is 6.92 Å². The van der Waals surface area contributed by atoms with Gasteiger partial charge in [0.2, 0.25) is 11.8 Å². The van der Waals surface area contributed by atoms with Crippen LogP contribution < -0.4 is 10.6 Å². The van der Waals surface area contributed by atoms with E-state index in [1.54, 1.807) is 0 Å².